The lowest BCUT2D eigenvalue weighted by Gasteiger charge is -2.20. The normalized spacial score (nSPS) is 17.9. The van der Waals surface area contributed by atoms with Crippen LogP contribution in [0.5, 0.6) is 11.5 Å². The third-order valence-corrected chi connectivity index (χ3v) is 9.59. The van der Waals surface area contributed by atoms with Crippen LogP contribution < -0.4 is 20.1 Å². The molecule has 4 unspecified atom stereocenters. The largest absolute Gasteiger partial charge is 0.494 e. The molecule has 1 fully saturated rings. The van der Waals surface area contributed by atoms with Crippen molar-refractivity contribution in [3.63, 3.8) is 0 Å². The van der Waals surface area contributed by atoms with Gasteiger partial charge in [-0.05, 0) is 91.4 Å². The average Bonchev–Trinajstić information content (AvgIpc) is 3.56. The number of Topliss-reactive ketones (excluding diaryl/α,β-unsaturated/α-hetero) is 1. The van der Waals surface area contributed by atoms with Crippen LogP contribution in [0.2, 0.25) is 0 Å². The molecule has 4 atom stereocenters. The van der Waals surface area contributed by atoms with Gasteiger partial charge in [-0.2, -0.15) is 22.0 Å². The van der Waals surface area contributed by atoms with Crippen molar-refractivity contribution in [2.45, 2.75) is 51.1 Å². The highest BCUT2D eigenvalue weighted by molar-refractivity contribution is 5.98. The maximum atomic E-state index is 13.2. The van der Waals surface area contributed by atoms with E-state index in [1.54, 1.807) is 37.4 Å². The van der Waals surface area contributed by atoms with Gasteiger partial charge in [-0.15, -0.1) is 0 Å². The van der Waals surface area contributed by atoms with E-state index >= 15 is 0 Å². The lowest BCUT2D eigenvalue weighted by Crippen LogP contribution is -2.36. The van der Waals surface area contributed by atoms with Crippen molar-refractivity contribution in [1.29, 1.82) is 0 Å². The molecule has 0 saturated heterocycles. The van der Waals surface area contributed by atoms with E-state index in [4.69, 9.17) is 14.2 Å². The first-order valence-corrected chi connectivity index (χ1v) is 18.2. The molecule has 1 saturated carbocycles. The van der Waals surface area contributed by atoms with Crippen molar-refractivity contribution < 1.29 is 75.1 Å². The van der Waals surface area contributed by atoms with Crippen molar-refractivity contribution in [1.82, 2.24) is 0 Å². The summed E-state index contributed by atoms with van der Waals surface area (Å²) in [4.78, 5) is 73.9. The van der Waals surface area contributed by atoms with Crippen LogP contribution in [0.25, 0.3) is 6.08 Å². The number of alkyl halides is 5. The third kappa shape index (κ3) is 12.6. The highest BCUT2D eigenvalue weighted by Crippen LogP contribution is 2.45. The number of nitrogens with one attached hydrogen (secondary N) is 2. The van der Waals surface area contributed by atoms with Gasteiger partial charge in [-0.3, -0.25) is 19.2 Å². The predicted molar refractivity (Wildman–Crippen MR) is 201 cm³/mol. The fraction of sp³-hybridized carbons (Fsp3) is 0.366. The van der Waals surface area contributed by atoms with Crippen LogP contribution in [-0.2, 0) is 35.1 Å². The van der Waals surface area contributed by atoms with E-state index in [2.05, 4.69) is 10.6 Å². The highest BCUT2D eigenvalue weighted by atomic mass is 19.4. The molecule has 13 nitrogen and oxygen atoms in total. The zero-order valence-corrected chi connectivity index (χ0v) is 31.7. The molecule has 0 bridgehead atoms. The standard InChI is InChI=1S/C41H41F5N2O11/c1-23(49)35-27(21-33(50)51)20-31(36(35)38(54)55)37(53)48-28-10-7-25(32(22-28)47-2)16-19-58-34(52)15-6-24-4-11-30(12-5-24)59-39(56)26-8-13-29(14-9-26)57-18-3-17-40(42,43)41(44,45)46/h4-15,22,27,31,35-36,47H,3,16-21H2,1-2H3,(H,48,53)(H,50,51)(H,54,55). The van der Waals surface area contributed by atoms with Crippen LogP contribution in [0.3, 0.4) is 0 Å². The first kappa shape index (κ1) is 45.4. The Bertz CT molecular complexity index is 2040. The van der Waals surface area contributed by atoms with Gasteiger partial charge < -0.3 is 35.1 Å². The molecule has 1 aliphatic carbocycles. The lowest BCUT2D eigenvalue weighted by atomic mass is 9.83. The molecule has 0 aliphatic heterocycles. The van der Waals surface area contributed by atoms with Gasteiger partial charge in [0.25, 0.3) is 0 Å². The Kier molecular flexibility index (Phi) is 15.3. The number of hydrogen-bond acceptors (Lipinski definition) is 10. The van der Waals surface area contributed by atoms with Crippen LogP contribution in [0.4, 0.5) is 33.3 Å². The molecule has 1 amide bonds. The minimum atomic E-state index is -5.63. The molecule has 0 radical (unpaired) electrons. The predicted octanol–water partition coefficient (Wildman–Crippen LogP) is 7.06. The summed E-state index contributed by atoms with van der Waals surface area (Å²) in [7, 11) is 1.64. The van der Waals surface area contributed by atoms with E-state index in [0.29, 0.717) is 16.9 Å². The Morgan fingerprint density at radius 2 is 1.53 bits per heavy atom. The number of esters is 2. The van der Waals surface area contributed by atoms with Gasteiger partial charge in [-0.25, -0.2) is 9.59 Å². The average molecular weight is 833 g/mol. The van der Waals surface area contributed by atoms with E-state index in [1.807, 2.05) is 0 Å². The zero-order valence-electron chi connectivity index (χ0n) is 31.7. The van der Waals surface area contributed by atoms with Crippen LogP contribution in [0, 0.1) is 23.7 Å². The molecular weight excluding hydrogens is 791 g/mol. The number of anilines is 2. The van der Waals surface area contributed by atoms with Crippen molar-refractivity contribution in [2.24, 2.45) is 23.7 Å². The van der Waals surface area contributed by atoms with Gasteiger partial charge in [-0.1, -0.05) is 18.2 Å². The molecule has 0 spiro atoms. The number of rotatable bonds is 19. The molecule has 59 heavy (non-hydrogen) atoms. The smallest absolute Gasteiger partial charge is 0.453 e. The number of amides is 1. The van der Waals surface area contributed by atoms with E-state index in [9.17, 15) is 60.9 Å². The molecular formula is C41H41F5N2O11. The summed E-state index contributed by atoms with van der Waals surface area (Å²) in [6.07, 6.45) is -5.13. The van der Waals surface area contributed by atoms with Gasteiger partial charge in [0.05, 0.1) is 30.6 Å². The summed E-state index contributed by atoms with van der Waals surface area (Å²) in [5, 5.41) is 24.8. The second kappa shape index (κ2) is 19.9. The Morgan fingerprint density at radius 1 is 0.864 bits per heavy atom. The summed E-state index contributed by atoms with van der Waals surface area (Å²) in [5.41, 5.74) is 2.33. The number of aliphatic carboxylic acids is 2. The van der Waals surface area contributed by atoms with Crippen LogP contribution in [-0.4, -0.2) is 78.1 Å². The summed E-state index contributed by atoms with van der Waals surface area (Å²) in [6, 6.07) is 16.4. The zero-order chi connectivity index (χ0) is 43.5. The molecule has 18 heteroatoms. The summed E-state index contributed by atoms with van der Waals surface area (Å²) >= 11 is 0. The number of carbonyl (C=O) groups is 6. The second-order valence-electron chi connectivity index (χ2n) is 13.7. The number of ketones is 1. The minimum Gasteiger partial charge on any atom is -0.494 e. The molecule has 0 aromatic heterocycles. The van der Waals surface area contributed by atoms with Crippen molar-refractivity contribution in [2.75, 3.05) is 30.9 Å². The Hall–Kier alpha value is -6.33. The highest BCUT2D eigenvalue weighted by Gasteiger charge is 2.56. The topological polar surface area (TPSA) is 195 Å². The van der Waals surface area contributed by atoms with Crippen LogP contribution >= 0.6 is 0 Å². The quantitative estimate of drug-likeness (QED) is 0.0316. The number of benzene rings is 3. The van der Waals surface area contributed by atoms with Crippen molar-refractivity contribution >= 4 is 53.0 Å². The van der Waals surface area contributed by atoms with Crippen molar-refractivity contribution in [3.8, 4) is 11.5 Å². The number of halogens is 5. The summed E-state index contributed by atoms with van der Waals surface area (Å²) in [6.45, 7) is 0.795. The first-order chi connectivity index (χ1) is 27.8. The van der Waals surface area contributed by atoms with Crippen LogP contribution in [0.1, 0.15) is 54.1 Å². The maximum absolute atomic E-state index is 13.2. The molecule has 3 aromatic rings. The molecule has 4 rings (SSSR count). The SMILES string of the molecule is CNc1cc(NC(=O)C2CC(CC(=O)O)C(C(C)=O)C2C(=O)O)ccc1CCOC(=O)C=Cc1ccc(OC(=O)c2ccc(OCCCC(F)(F)C(F)(F)F)cc2)cc1. The Morgan fingerprint density at radius 3 is 2.12 bits per heavy atom. The number of carbonyl (C=O) groups excluding carboxylic acids is 4. The molecule has 316 valence electrons. The minimum absolute atomic E-state index is 0.00774. The molecule has 4 N–H and O–H groups in total. The van der Waals surface area contributed by atoms with E-state index in [1.165, 1.54) is 55.5 Å². The van der Waals surface area contributed by atoms with E-state index < -0.39 is 90.6 Å². The maximum Gasteiger partial charge on any atom is 0.453 e. The monoisotopic (exact) mass is 832 g/mol. The molecule has 0 heterocycles. The van der Waals surface area contributed by atoms with Crippen molar-refractivity contribution in [3.05, 3.63) is 89.5 Å². The number of carboxylic acid groups (broad SMARTS) is 2. The van der Waals surface area contributed by atoms with E-state index in [-0.39, 0.29) is 43.1 Å². The first-order valence-electron chi connectivity index (χ1n) is 18.2. The fourth-order valence-corrected chi connectivity index (χ4v) is 6.72. The summed E-state index contributed by atoms with van der Waals surface area (Å²) < 4.78 is 78.7. The van der Waals surface area contributed by atoms with Gasteiger partial charge >= 0.3 is 36.0 Å². The van der Waals surface area contributed by atoms with Gasteiger partial charge in [0.2, 0.25) is 5.91 Å². The van der Waals surface area contributed by atoms with Crippen LogP contribution in [0.15, 0.2) is 72.8 Å². The second-order valence-corrected chi connectivity index (χ2v) is 13.7. The third-order valence-electron chi connectivity index (χ3n) is 9.59. The van der Waals surface area contributed by atoms with Gasteiger partial charge in [0.15, 0.2) is 0 Å². The molecule has 1 aliphatic rings. The van der Waals surface area contributed by atoms with Gasteiger partial charge in [0.1, 0.15) is 17.3 Å². The lowest BCUT2D eigenvalue weighted by molar-refractivity contribution is -0.284. The summed E-state index contributed by atoms with van der Waals surface area (Å²) in [5.74, 6) is -13.9. The fourth-order valence-electron chi connectivity index (χ4n) is 6.72. The molecule has 3 aromatic carbocycles. The van der Waals surface area contributed by atoms with E-state index in [0.717, 1.165) is 5.56 Å². The van der Waals surface area contributed by atoms with Gasteiger partial charge in [0, 0.05) is 49.7 Å². The Labute approximate surface area is 334 Å². The Balaban J connectivity index is 1.23. The number of carboxylic acids is 2. The number of ether oxygens (including phenoxy) is 3. The number of hydrogen-bond donors (Lipinski definition) is 4.